The summed E-state index contributed by atoms with van der Waals surface area (Å²) in [5.74, 6) is -0.558. The maximum absolute atomic E-state index is 11.9. The second-order valence-electron chi connectivity index (χ2n) is 7.01. The molecule has 0 amide bonds. The SMILES string of the molecule is COC(=O)c1cccc(Nc2c(-c3ccc(OC)c(OCC(=O)O)c3)nc3c(C#N)c[nH]n23)c1. The molecular formula is C23H19N5O6. The van der Waals surface area contributed by atoms with Crippen molar-refractivity contribution in [3.63, 3.8) is 0 Å². The summed E-state index contributed by atoms with van der Waals surface area (Å²) in [4.78, 5) is 27.5. The predicted molar refractivity (Wildman–Crippen MR) is 120 cm³/mol. The molecule has 11 nitrogen and oxygen atoms in total. The van der Waals surface area contributed by atoms with Crippen LogP contribution in [0.25, 0.3) is 16.9 Å². The first kappa shape index (κ1) is 22.2. The number of nitriles is 1. The van der Waals surface area contributed by atoms with E-state index in [1.807, 2.05) is 0 Å². The highest BCUT2D eigenvalue weighted by Crippen LogP contribution is 2.37. The van der Waals surface area contributed by atoms with Crippen molar-refractivity contribution in [1.29, 1.82) is 5.26 Å². The van der Waals surface area contributed by atoms with Gasteiger partial charge in [0.15, 0.2) is 29.6 Å². The molecule has 0 aliphatic heterocycles. The molecule has 0 atom stereocenters. The molecule has 2 aromatic carbocycles. The van der Waals surface area contributed by atoms with Crippen LogP contribution in [0.15, 0.2) is 48.7 Å². The topological polar surface area (TPSA) is 151 Å². The highest BCUT2D eigenvalue weighted by Gasteiger charge is 2.20. The third kappa shape index (κ3) is 4.20. The van der Waals surface area contributed by atoms with Crippen molar-refractivity contribution in [2.75, 3.05) is 26.1 Å². The number of aromatic nitrogens is 3. The lowest BCUT2D eigenvalue weighted by Gasteiger charge is -2.12. The summed E-state index contributed by atoms with van der Waals surface area (Å²) in [7, 11) is 2.75. The summed E-state index contributed by atoms with van der Waals surface area (Å²) in [5, 5.41) is 24.7. The van der Waals surface area contributed by atoms with Crippen molar-refractivity contribution in [2.24, 2.45) is 0 Å². The fourth-order valence-corrected chi connectivity index (χ4v) is 3.37. The standard InChI is InChI=1S/C23H19N5O6/c1-32-17-7-6-13(9-18(17)34-12-19(29)30)20-22(28-21(27-20)15(10-24)11-25-28)26-16-5-3-4-14(8-16)23(31)33-2/h3-9,11,25-26H,12H2,1-2H3,(H,29,30). The molecule has 0 bridgehead atoms. The van der Waals surface area contributed by atoms with Crippen LogP contribution in [-0.2, 0) is 9.53 Å². The lowest BCUT2D eigenvalue weighted by molar-refractivity contribution is -0.139. The number of H-pyrrole nitrogens is 1. The second kappa shape index (κ2) is 9.25. The second-order valence-corrected chi connectivity index (χ2v) is 7.01. The zero-order valence-electron chi connectivity index (χ0n) is 18.2. The number of nitrogens with zero attached hydrogens (tertiary/aromatic N) is 3. The van der Waals surface area contributed by atoms with Gasteiger partial charge in [0.2, 0.25) is 0 Å². The van der Waals surface area contributed by atoms with Crippen LogP contribution >= 0.6 is 0 Å². The smallest absolute Gasteiger partial charge is 0.341 e. The molecule has 2 heterocycles. The average molecular weight is 461 g/mol. The molecule has 0 fully saturated rings. The maximum Gasteiger partial charge on any atom is 0.341 e. The van der Waals surface area contributed by atoms with E-state index in [1.165, 1.54) is 20.4 Å². The van der Waals surface area contributed by atoms with Gasteiger partial charge in [-0.15, -0.1) is 0 Å². The van der Waals surface area contributed by atoms with Gasteiger partial charge < -0.3 is 24.6 Å². The van der Waals surface area contributed by atoms with Crippen LogP contribution in [0.4, 0.5) is 11.5 Å². The number of carbonyl (C=O) groups is 2. The van der Waals surface area contributed by atoms with Crippen LogP contribution < -0.4 is 14.8 Å². The quantitative estimate of drug-likeness (QED) is 0.336. The number of nitrogens with one attached hydrogen (secondary N) is 2. The minimum absolute atomic E-state index is 0.221. The van der Waals surface area contributed by atoms with Gasteiger partial charge in [0, 0.05) is 17.4 Å². The Bertz CT molecular complexity index is 1430. The van der Waals surface area contributed by atoms with Gasteiger partial charge in [-0.05, 0) is 36.4 Å². The van der Waals surface area contributed by atoms with Crippen LogP contribution in [-0.4, -0.2) is 52.5 Å². The van der Waals surface area contributed by atoms with Crippen LogP contribution in [0, 0.1) is 11.3 Å². The Labute approximate surface area is 193 Å². The summed E-state index contributed by atoms with van der Waals surface area (Å²) in [6.45, 7) is -0.548. The Balaban J connectivity index is 1.83. The number of carboxylic acid groups (broad SMARTS) is 1. The molecule has 0 unspecified atom stereocenters. The first-order valence-electron chi connectivity index (χ1n) is 9.93. The summed E-state index contributed by atoms with van der Waals surface area (Å²) >= 11 is 0. The van der Waals surface area contributed by atoms with Gasteiger partial charge in [0.1, 0.15) is 17.3 Å². The number of rotatable bonds is 8. The van der Waals surface area contributed by atoms with Crippen molar-refractivity contribution in [2.45, 2.75) is 0 Å². The fraction of sp³-hybridized carbons (Fsp3) is 0.130. The van der Waals surface area contributed by atoms with E-state index in [4.69, 9.17) is 19.3 Å². The summed E-state index contributed by atoms with van der Waals surface area (Å²) < 4.78 is 17.0. The minimum Gasteiger partial charge on any atom is -0.493 e. The molecule has 0 spiro atoms. The van der Waals surface area contributed by atoms with E-state index in [2.05, 4.69) is 21.5 Å². The van der Waals surface area contributed by atoms with E-state index in [9.17, 15) is 14.9 Å². The molecule has 11 heteroatoms. The van der Waals surface area contributed by atoms with Gasteiger partial charge in [-0.3, -0.25) is 5.10 Å². The van der Waals surface area contributed by atoms with Gasteiger partial charge in [-0.25, -0.2) is 19.1 Å². The van der Waals surface area contributed by atoms with Crippen molar-refractivity contribution in [3.8, 4) is 28.8 Å². The number of imidazole rings is 1. The molecule has 0 radical (unpaired) electrons. The largest absolute Gasteiger partial charge is 0.493 e. The Kier molecular flexibility index (Phi) is 6.05. The van der Waals surface area contributed by atoms with Crippen LogP contribution in [0.2, 0.25) is 0 Å². The van der Waals surface area contributed by atoms with Crippen LogP contribution in [0.5, 0.6) is 11.5 Å². The molecule has 34 heavy (non-hydrogen) atoms. The normalized spacial score (nSPS) is 10.5. The fourth-order valence-electron chi connectivity index (χ4n) is 3.37. The van der Waals surface area contributed by atoms with E-state index < -0.39 is 18.5 Å². The number of methoxy groups -OCH3 is 2. The third-order valence-electron chi connectivity index (χ3n) is 4.91. The van der Waals surface area contributed by atoms with Gasteiger partial charge in [0.05, 0.1) is 19.8 Å². The number of carbonyl (C=O) groups excluding carboxylic acids is 1. The first-order valence-corrected chi connectivity index (χ1v) is 9.93. The molecule has 0 saturated heterocycles. The Morgan fingerprint density at radius 3 is 2.74 bits per heavy atom. The first-order chi connectivity index (χ1) is 16.4. The minimum atomic E-state index is -1.13. The summed E-state index contributed by atoms with van der Waals surface area (Å²) in [6, 6.07) is 13.8. The molecule has 0 aliphatic carbocycles. The molecule has 172 valence electrons. The van der Waals surface area contributed by atoms with E-state index in [0.717, 1.165) is 0 Å². The number of aliphatic carboxylic acids is 1. The number of carboxylic acids is 1. The number of aromatic amines is 1. The molecule has 0 aliphatic rings. The molecule has 0 saturated carbocycles. The van der Waals surface area contributed by atoms with Crippen molar-refractivity contribution < 1.29 is 28.9 Å². The summed E-state index contributed by atoms with van der Waals surface area (Å²) in [6.07, 6.45) is 1.53. The monoisotopic (exact) mass is 461 g/mol. The van der Waals surface area contributed by atoms with Gasteiger partial charge in [-0.2, -0.15) is 5.26 Å². The number of anilines is 2. The van der Waals surface area contributed by atoms with Crippen LogP contribution in [0.1, 0.15) is 15.9 Å². The van der Waals surface area contributed by atoms with E-state index in [1.54, 1.807) is 47.0 Å². The van der Waals surface area contributed by atoms with Gasteiger partial charge in [-0.1, -0.05) is 6.07 Å². The summed E-state index contributed by atoms with van der Waals surface area (Å²) in [5.41, 5.74) is 2.67. The number of hydrogen-bond acceptors (Lipinski definition) is 8. The number of hydrogen-bond donors (Lipinski definition) is 3. The molecule has 2 aromatic heterocycles. The number of esters is 1. The zero-order valence-corrected chi connectivity index (χ0v) is 18.2. The van der Waals surface area contributed by atoms with Gasteiger partial charge in [0.25, 0.3) is 0 Å². The van der Waals surface area contributed by atoms with Crippen molar-refractivity contribution >= 4 is 29.1 Å². The van der Waals surface area contributed by atoms with E-state index in [0.29, 0.717) is 45.3 Å². The Morgan fingerprint density at radius 2 is 2.03 bits per heavy atom. The van der Waals surface area contributed by atoms with Gasteiger partial charge >= 0.3 is 11.9 Å². The van der Waals surface area contributed by atoms with E-state index in [-0.39, 0.29) is 5.75 Å². The van der Waals surface area contributed by atoms with E-state index >= 15 is 0 Å². The number of fused-ring (bicyclic) bond motifs is 1. The van der Waals surface area contributed by atoms with Crippen molar-refractivity contribution in [3.05, 3.63) is 59.8 Å². The molecule has 4 aromatic rings. The number of benzene rings is 2. The lowest BCUT2D eigenvalue weighted by atomic mass is 10.1. The van der Waals surface area contributed by atoms with Crippen molar-refractivity contribution in [1.82, 2.24) is 14.6 Å². The molecular weight excluding hydrogens is 442 g/mol. The average Bonchev–Trinajstić information content (AvgIpc) is 3.42. The maximum atomic E-state index is 11.9. The Morgan fingerprint density at radius 1 is 1.21 bits per heavy atom. The highest BCUT2D eigenvalue weighted by molar-refractivity contribution is 5.91. The predicted octanol–water partition coefficient (Wildman–Crippen LogP) is 3.20. The molecule has 3 N–H and O–H groups in total. The zero-order chi connectivity index (χ0) is 24.2. The number of ether oxygens (including phenoxy) is 3. The lowest BCUT2D eigenvalue weighted by Crippen LogP contribution is -2.10. The molecule has 4 rings (SSSR count). The highest BCUT2D eigenvalue weighted by atomic mass is 16.5. The Hall–Kier alpha value is -4.98. The third-order valence-corrected chi connectivity index (χ3v) is 4.91. The van der Waals surface area contributed by atoms with Crippen LogP contribution in [0.3, 0.4) is 0 Å².